The van der Waals surface area contributed by atoms with Crippen LogP contribution in [0.3, 0.4) is 0 Å². The molecule has 1 heterocycles. The minimum atomic E-state index is -2.35. The number of esters is 3. The maximum absolute atomic E-state index is 14.9. The molecule has 5 N–H and O–H groups in total. The summed E-state index contributed by atoms with van der Waals surface area (Å²) in [5.74, 6) is -5.36. The van der Waals surface area contributed by atoms with Gasteiger partial charge in [0.05, 0.1) is 35.6 Å². The Morgan fingerprint density at radius 2 is 1.55 bits per heavy atom. The number of carbonyl (C=O) groups is 5. The third kappa shape index (κ3) is 7.10. The number of amides is 1. The second kappa shape index (κ2) is 15.2. The molecule has 0 aromatic heterocycles. The normalized spacial score (nSPS) is 33.7. The first-order valence-corrected chi connectivity index (χ1v) is 19.3. The standard InChI is InChI=1S/C43H53NO14/c1-22-26(55-37(51)32(48)30(24-15-11-9-12-16-24)44-38(52)58-39(3,4)5)20-43(53)35(56-36(50)25-17-13-10-14-18-25)33-41(8,34(49)31(47)29(22)40(43,6)7)27(46)19-28-42(33,21-54-28)57-23(2)45/h9-18,26-28,30-33,35,46-48,53H,19-21H2,1-8H3,(H,44,52)/t26-,27+,28-,30+,31-,32+,33+,35-,41-,42?,43-/m1/s1. The van der Waals surface area contributed by atoms with E-state index in [0.29, 0.717) is 5.56 Å². The Balaban J connectivity index is 1.49. The Morgan fingerprint density at radius 3 is 2.10 bits per heavy atom. The second-order valence-corrected chi connectivity index (χ2v) is 17.6. The van der Waals surface area contributed by atoms with Gasteiger partial charge in [0.2, 0.25) is 0 Å². The fourth-order valence-electron chi connectivity index (χ4n) is 9.56. The van der Waals surface area contributed by atoms with Gasteiger partial charge in [0.25, 0.3) is 0 Å². The van der Waals surface area contributed by atoms with Gasteiger partial charge >= 0.3 is 24.0 Å². The first kappa shape index (κ1) is 42.9. The zero-order valence-electron chi connectivity index (χ0n) is 33.9. The van der Waals surface area contributed by atoms with Crippen LogP contribution in [0.25, 0.3) is 0 Å². The van der Waals surface area contributed by atoms with Crippen LogP contribution in [0.15, 0.2) is 71.8 Å². The SMILES string of the molecule is CC(=O)OC12CO[C@@H]1C[C@H](O)[C@@]1(C)C(=O)[C@H](O)C3=C(C)[C@H](OC(=O)[C@@H](O)[C@@H](NC(=O)OC(C)(C)C)c4ccccc4)C[C@@](O)([C@H](OC(=O)c4ccccc4)[C@H]21)C3(C)C. The molecule has 11 atom stereocenters. The Kier molecular flexibility index (Phi) is 11.2. The lowest BCUT2D eigenvalue weighted by atomic mass is 9.44. The molecule has 1 saturated heterocycles. The number of Topliss-reactive ketones (excluding diaryl/α,β-unsaturated/α-hetero) is 1. The van der Waals surface area contributed by atoms with E-state index in [2.05, 4.69) is 5.32 Å². The van der Waals surface area contributed by atoms with Gasteiger partial charge in [-0.15, -0.1) is 0 Å². The van der Waals surface area contributed by atoms with Crippen molar-refractivity contribution < 1.29 is 68.1 Å². The maximum Gasteiger partial charge on any atom is 0.408 e. The summed E-state index contributed by atoms with van der Waals surface area (Å²) >= 11 is 0. The molecule has 0 radical (unpaired) electrons. The molecule has 3 aliphatic carbocycles. The molecule has 15 heteroatoms. The Labute approximate surface area is 336 Å². The van der Waals surface area contributed by atoms with Crippen molar-refractivity contribution in [3.63, 3.8) is 0 Å². The topological polar surface area (TPSA) is 224 Å². The number of carbonyl (C=O) groups excluding carboxylic acids is 5. The van der Waals surface area contributed by atoms with E-state index in [0.717, 1.165) is 6.92 Å². The minimum absolute atomic E-state index is 0.0637. The number of hydrogen-bond acceptors (Lipinski definition) is 14. The molecule has 2 bridgehead atoms. The zero-order valence-corrected chi connectivity index (χ0v) is 33.9. The summed E-state index contributed by atoms with van der Waals surface area (Å²) in [6, 6.07) is 14.6. The van der Waals surface area contributed by atoms with E-state index in [1.165, 1.54) is 26.0 Å². The second-order valence-electron chi connectivity index (χ2n) is 17.6. The highest BCUT2D eigenvalue weighted by Gasteiger charge is 2.78. The third-order valence-corrected chi connectivity index (χ3v) is 12.6. The van der Waals surface area contributed by atoms with Crippen LogP contribution < -0.4 is 5.32 Å². The molecular weight excluding hydrogens is 754 g/mol. The molecule has 15 nitrogen and oxygen atoms in total. The Bertz CT molecular complexity index is 1980. The summed E-state index contributed by atoms with van der Waals surface area (Å²) in [4.78, 5) is 68.9. The van der Waals surface area contributed by atoms with Crippen molar-refractivity contribution in [1.29, 1.82) is 0 Å². The molecule has 0 spiro atoms. The summed E-state index contributed by atoms with van der Waals surface area (Å²) < 4.78 is 29.5. The Morgan fingerprint density at radius 1 is 0.948 bits per heavy atom. The van der Waals surface area contributed by atoms with E-state index >= 15 is 0 Å². The third-order valence-electron chi connectivity index (χ3n) is 12.6. The highest BCUT2D eigenvalue weighted by atomic mass is 16.6. The summed E-state index contributed by atoms with van der Waals surface area (Å²) in [5, 5.41) is 51.6. The van der Waals surface area contributed by atoms with Crippen LogP contribution in [0.2, 0.25) is 0 Å². The fourth-order valence-corrected chi connectivity index (χ4v) is 9.56. The van der Waals surface area contributed by atoms with Gasteiger partial charge in [-0.05, 0) is 63.5 Å². The summed E-state index contributed by atoms with van der Waals surface area (Å²) in [6.07, 6.45) is -11.5. The van der Waals surface area contributed by atoms with Crippen LogP contribution >= 0.6 is 0 Å². The van der Waals surface area contributed by atoms with Crippen LogP contribution in [0.4, 0.5) is 4.79 Å². The molecule has 1 unspecified atom stereocenters. The molecule has 1 aliphatic heterocycles. The molecule has 6 rings (SSSR count). The smallest absolute Gasteiger partial charge is 0.408 e. The van der Waals surface area contributed by atoms with Crippen molar-refractivity contribution in [2.75, 3.05) is 6.61 Å². The number of fused-ring (bicyclic) bond motifs is 5. The van der Waals surface area contributed by atoms with E-state index in [4.69, 9.17) is 23.7 Å². The van der Waals surface area contributed by atoms with Gasteiger partial charge in [0.15, 0.2) is 17.5 Å². The number of hydrogen-bond donors (Lipinski definition) is 5. The van der Waals surface area contributed by atoms with Gasteiger partial charge in [-0.2, -0.15) is 0 Å². The number of ketones is 1. The highest BCUT2D eigenvalue weighted by Crippen LogP contribution is 2.64. The molecular formula is C43H53NO14. The van der Waals surface area contributed by atoms with E-state index in [1.807, 2.05) is 0 Å². The summed E-state index contributed by atoms with van der Waals surface area (Å²) in [7, 11) is 0. The van der Waals surface area contributed by atoms with Gasteiger partial charge in [-0.1, -0.05) is 62.4 Å². The van der Waals surface area contributed by atoms with Crippen LogP contribution in [-0.4, -0.2) is 110 Å². The lowest BCUT2D eigenvalue weighted by Crippen LogP contribution is -2.81. The molecule has 3 fully saturated rings. The van der Waals surface area contributed by atoms with Crippen LogP contribution in [0.5, 0.6) is 0 Å². The zero-order chi connectivity index (χ0) is 42.7. The molecule has 2 aromatic carbocycles. The first-order chi connectivity index (χ1) is 27.0. The lowest BCUT2D eigenvalue weighted by Gasteiger charge is -2.67. The van der Waals surface area contributed by atoms with Crippen molar-refractivity contribution in [3.8, 4) is 0 Å². The van der Waals surface area contributed by atoms with Crippen molar-refractivity contribution in [3.05, 3.63) is 82.9 Å². The number of rotatable bonds is 8. The average Bonchev–Trinajstić information content (AvgIpc) is 3.14. The van der Waals surface area contributed by atoms with Gasteiger partial charge < -0.3 is 49.4 Å². The van der Waals surface area contributed by atoms with E-state index < -0.39 is 112 Å². The van der Waals surface area contributed by atoms with Crippen molar-refractivity contribution in [2.24, 2.45) is 16.7 Å². The number of ether oxygens (including phenoxy) is 5. The van der Waals surface area contributed by atoms with Crippen molar-refractivity contribution in [1.82, 2.24) is 5.32 Å². The van der Waals surface area contributed by atoms with Gasteiger partial charge in [0.1, 0.15) is 35.6 Å². The van der Waals surface area contributed by atoms with E-state index in [1.54, 1.807) is 83.1 Å². The quantitative estimate of drug-likeness (QED) is 0.147. The molecule has 58 heavy (non-hydrogen) atoms. The van der Waals surface area contributed by atoms with Crippen molar-refractivity contribution in [2.45, 2.75) is 128 Å². The largest absolute Gasteiger partial charge is 0.456 e. The molecule has 2 aromatic rings. The lowest BCUT2D eigenvalue weighted by molar-refractivity contribution is -0.346. The number of aliphatic hydroxyl groups excluding tert-OH is 3. The van der Waals surface area contributed by atoms with Crippen LogP contribution in [0, 0.1) is 16.7 Å². The monoisotopic (exact) mass is 807 g/mol. The number of alkyl carbamates (subject to hydrolysis) is 1. The molecule has 2 saturated carbocycles. The van der Waals surface area contributed by atoms with E-state index in [9.17, 15) is 44.4 Å². The molecule has 1 amide bonds. The molecule has 314 valence electrons. The predicted octanol–water partition coefficient (Wildman–Crippen LogP) is 3.26. The summed E-state index contributed by atoms with van der Waals surface area (Å²) in [5.41, 5.74) is -8.14. The molecule has 4 aliphatic rings. The number of benzene rings is 2. The van der Waals surface area contributed by atoms with Gasteiger partial charge in [0, 0.05) is 25.2 Å². The Hall–Kier alpha value is -4.67. The number of aliphatic hydroxyl groups is 4. The van der Waals surface area contributed by atoms with Crippen LogP contribution in [-0.2, 0) is 38.1 Å². The number of nitrogens with one attached hydrogen (secondary N) is 1. The van der Waals surface area contributed by atoms with E-state index in [-0.39, 0.29) is 29.7 Å². The first-order valence-electron chi connectivity index (χ1n) is 19.3. The predicted molar refractivity (Wildman–Crippen MR) is 204 cm³/mol. The van der Waals surface area contributed by atoms with Crippen LogP contribution in [0.1, 0.15) is 90.2 Å². The van der Waals surface area contributed by atoms with Gasteiger partial charge in [-0.25, -0.2) is 14.4 Å². The van der Waals surface area contributed by atoms with Crippen molar-refractivity contribution >= 4 is 29.8 Å². The minimum Gasteiger partial charge on any atom is -0.456 e. The summed E-state index contributed by atoms with van der Waals surface area (Å²) in [6.45, 7) is 11.8. The fraction of sp³-hybridized carbons (Fsp3) is 0.558. The average molecular weight is 808 g/mol. The maximum atomic E-state index is 14.9. The highest BCUT2D eigenvalue weighted by molar-refractivity contribution is 5.94. The van der Waals surface area contributed by atoms with Gasteiger partial charge in [-0.3, -0.25) is 9.59 Å².